The van der Waals surface area contributed by atoms with E-state index in [2.05, 4.69) is 0 Å². The summed E-state index contributed by atoms with van der Waals surface area (Å²) >= 11 is 0. The lowest BCUT2D eigenvalue weighted by atomic mass is 9.98. The van der Waals surface area contributed by atoms with Crippen molar-refractivity contribution in [2.75, 3.05) is 19.0 Å². The topological polar surface area (TPSA) is 29.3 Å². The Hall–Kier alpha value is -2.01. The van der Waals surface area contributed by atoms with Crippen LogP contribution in [0.4, 0.5) is 18.9 Å². The molecule has 0 bridgehead atoms. The molecule has 2 aromatic rings. The standard InChI is InChI=1S/C16H17F3N2/c1-21(2)14-5-3-4-12(10-14)15(20)11-6-8-13(9-7-11)16(17,18)19/h3-10,15H,20H2,1-2H3. The zero-order valence-electron chi connectivity index (χ0n) is 11.9. The van der Waals surface area contributed by atoms with E-state index in [0.29, 0.717) is 5.56 Å². The lowest BCUT2D eigenvalue weighted by Crippen LogP contribution is -2.14. The zero-order valence-corrected chi connectivity index (χ0v) is 11.9. The molecule has 0 amide bonds. The molecule has 0 saturated heterocycles. The average Bonchev–Trinajstić information content (AvgIpc) is 2.46. The van der Waals surface area contributed by atoms with E-state index in [4.69, 9.17) is 5.73 Å². The second-order valence-electron chi connectivity index (χ2n) is 5.09. The summed E-state index contributed by atoms with van der Waals surface area (Å²) in [5, 5.41) is 0. The first-order valence-corrected chi connectivity index (χ1v) is 6.49. The van der Waals surface area contributed by atoms with Crippen LogP contribution in [-0.4, -0.2) is 14.1 Å². The van der Waals surface area contributed by atoms with Crippen molar-refractivity contribution in [1.29, 1.82) is 0 Å². The lowest BCUT2D eigenvalue weighted by molar-refractivity contribution is -0.137. The van der Waals surface area contributed by atoms with E-state index in [1.807, 2.05) is 43.3 Å². The Morgan fingerprint density at radius 1 is 0.952 bits per heavy atom. The van der Waals surface area contributed by atoms with Crippen molar-refractivity contribution in [1.82, 2.24) is 0 Å². The minimum Gasteiger partial charge on any atom is -0.378 e. The van der Waals surface area contributed by atoms with Gasteiger partial charge < -0.3 is 10.6 Å². The molecule has 1 unspecified atom stereocenters. The molecular weight excluding hydrogens is 277 g/mol. The first kappa shape index (κ1) is 15.4. The monoisotopic (exact) mass is 294 g/mol. The van der Waals surface area contributed by atoms with Crippen LogP contribution in [0.3, 0.4) is 0 Å². The van der Waals surface area contributed by atoms with Gasteiger partial charge in [0.1, 0.15) is 0 Å². The van der Waals surface area contributed by atoms with Crippen LogP contribution in [0, 0.1) is 0 Å². The van der Waals surface area contributed by atoms with Gasteiger partial charge in [-0.05, 0) is 35.4 Å². The van der Waals surface area contributed by atoms with Gasteiger partial charge in [0, 0.05) is 19.8 Å². The van der Waals surface area contributed by atoms with Crippen molar-refractivity contribution in [3.63, 3.8) is 0 Å². The molecule has 5 heteroatoms. The number of benzene rings is 2. The lowest BCUT2D eigenvalue weighted by Gasteiger charge is -2.18. The first-order valence-electron chi connectivity index (χ1n) is 6.49. The van der Waals surface area contributed by atoms with Crippen LogP contribution in [0.2, 0.25) is 0 Å². The first-order chi connectivity index (χ1) is 9.79. The smallest absolute Gasteiger partial charge is 0.378 e. The summed E-state index contributed by atoms with van der Waals surface area (Å²) in [4.78, 5) is 1.95. The van der Waals surface area contributed by atoms with Gasteiger partial charge in [-0.2, -0.15) is 13.2 Å². The Morgan fingerprint density at radius 3 is 2.10 bits per heavy atom. The highest BCUT2D eigenvalue weighted by Crippen LogP contribution is 2.31. The number of hydrogen-bond donors (Lipinski definition) is 1. The maximum atomic E-state index is 12.5. The van der Waals surface area contributed by atoms with Gasteiger partial charge in [-0.3, -0.25) is 0 Å². The summed E-state index contributed by atoms with van der Waals surface area (Å²) in [6.07, 6.45) is -4.33. The van der Waals surface area contributed by atoms with Crippen molar-refractivity contribution in [2.45, 2.75) is 12.2 Å². The third-order valence-corrected chi connectivity index (χ3v) is 3.34. The van der Waals surface area contributed by atoms with Crippen molar-refractivity contribution < 1.29 is 13.2 Å². The molecule has 0 radical (unpaired) electrons. The number of nitrogens with zero attached hydrogens (tertiary/aromatic N) is 1. The van der Waals surface area contributed by atoms with E-state index in [-0.39, 0.29) is 0 Å². The van der Waals surface area contributed by atoms with Gasteiger partial charge in [0.25, 0.3) is 0 Å². The fourth-order valence-corrected chi connectivity index (χ4v) is 2.07. The number of halogens is 3. The molecule has 0 fully saturated rings. The molecule has 0 heterocycles. The highest BCUT2D eigenvalue weighted by molar-refractivity contribution is 5.49. The molecule has 2 aromatic carbocycles. The average molecular weight is 294 g/mol. The largest absolute Gasteiger partial charge is 0.416 e. The predicted octanol–water partition coefficient (Wildman–Crippen LogP) is 3.82. The molecule has 0 aliphatic carbocycles. The van der Waals surface area contributed by atoms with Crippen LogP contribution < -0.4 is 10.6 Å². The molecule has 2 nitrogen and oxygen atoms in total. The van der Waals surface area contributed by atoms with Crippen LogP contribution in [0.1, 0.15) is 22.7 Å². The van der Waals surface area contributed by atoms with Crippen LogP contribution in [0.15, 0.2) is 48.5 Å². The van der Waals surface area contributed by atoms with Gasteiger partial charge in [-0.25, -0.2) is 0 Å². The fourth-order valence-electron chi connectivity index (χ4n) is 2.07. The predicted molar refractivity (Wildman–Crippen MR) is 78.2 cm³/mol. The molecule has 0 aromatic heterocycles. The molecule has 0 aliphatic rings. The molecule has 0 spiro atoms. The third kappa shape index (κ3) is 3.55. The Balaban J connectivity index is 2.27. The van der Waals surface area contributed by atoms with Gasteiger partial charge >= 0.3 is 6.18 Å². The SMILES string of the molecule is CN(C)c1cccc(C(N)c2ccc(C(F)(F)F)cc2)c1. The van der Waals surface area contributed by atoms with Crippen molar-refractivity contribution in [2.24, 2.45) is 5.73 Å². The van der Waals surface area contributed by atoms with E-state index in [9.17, 15) is 13.2 Å². The highest BCUT2D eigenvalue weighted by Gasteiger charge is 2.30. The fraction of sp³-hybridized carbons (Fsp3) is 0.250. The Bertz CT molecular complexity index is 604. The molecule has 0 aliphatic heterocycles. The van der Waals surface area contributed by atoms with Gasteiger partial charge in [-0.1, -0.05) is 24.3 Å². The normalized spacial score (nSPS) is 13.0. The Kier molecular flexibility index (Phi) is 4.23. The van der Waals surface area contributed by atoms with Gasteiger partial charge in [-0.15, -0.1) is 0 Å². The molecule has 2 rings (SSSR count). The van der Waals surface area contributed by atoms with E-state index in [1.165, 1.54) is 12.1 Å². The minimum atomic E-state index is -4.33. The number of nitrogens with two attached hydrogens (primary N) is 1. The van der Waals surface area contributed by atoms with Gasteiger partial charge in [0.05, 0.1) is 11.6 Å². The summed E-state index contributed by atoms with van der Waals surface area (Å²) in [6.45, 7) is 0. The summed E-state index contributed by atoms with van der Waals surface area (Å²) in [7, 11) is 3.84. The van der Waals surface area contributed by atoms with Crippen LogP contribution in [0.25, 0.3) is 0 Å². The van der Waals surface area contributed by atoms with Crippen LogP contribution >= 0.6 is 0 Å². The summed E-state index contributed by atoms with van der Waals surface area (Å²) in [6, 6.07) is 12.2. The molecular formula is C16H17F3N2. The van der Waals surface area contributed by atoms with E-state index in [1.54, 1.807) is 0 Å². The third-order valence-electron chi connectivity index (χ3n) is 3.34. The summed E-state index contributed by atoms with van der Waals surface area (Å²) in [5.74, 6) is 0. The summed E-state index contributed by atoms with van der Waals surface area (Å²) < 4.78 is 37.6. The van der Waals surface area contributed by atoms with Crippen molar-refractivity contribution in [3.8, 4) is 0 Å². The van der Waals surface area contributed by atoms with E-state index >= 15 is 0 Å². The number of alkyl halides is 3. The second kappa shape index (κ2) is 5.77. The maximum Gasteiger partial charge on any atom is 0.416 e. The Morgan fingerprint density at radius 2 is 1.57 bits per heavy atom. The number of hydrogen-bond acceptors (Lipinski definition) is 2. The summed E-state index contributed by atoms with van der Waals surface area (Å²) in [5.41, 5.74) is 7.99. The molecule has 21 heavy (non-hydrogen) atoms. The van der Waals surface area contributed by atoms with E-state index in [0.717, 1.165) is 23.4 Å². The zero-order chi connectivity index (χ0) is 15.6. The number of rotatable bonds is 3. The minimum absolute atomic E-state index is 0.452. The quantitative estimate of drug-likeness (QED) is 0.932. The van der Waals surface area contributed by atoms with Gasteiger partial charge in [0.15, 0.2) is 0 Å². The van der Waals surface area contributed by atoms with Gasteiger partial charge in [0.2, 0.25) is 0 Å². The maximum absolute atomic E-state index is 12.5. The highest BCUT2D eigenvalue weighted by atomic mass is 19.4. The van der Waals surface area contributed by atoms with Crippen LogP contribution in [-0.2, 0) is 6.18 Å². The Labute approximate surface area is 122 Å². The molecule has 0 saturated carbocycles. The second-order valence-corrected chi connectivity index (χ2v) is 5.09. The van der Waals surface area contributed by atoms with E-state index < -0.39 is 17.8 Å². The van der Waals surface area contributed by atoms with Crippen molar-refractivity contribution in [3.05, 3.63) is 65.2 Å². The van der Waals surface area contributed by atoms with Crippen LogP contribution in [0.5, 0.6) is 0 Å². The number of anilines is 1. The molecule has 2 N–H and O–H groups in total. The van der Waals surface area contributed by atoms with Crippen molar-refractivity contribution >= 4 is 5.69 Å². The molecule has 112 valence electrons. The molecule has 1 atom stereocenters.